The fraction of sp³-hybridized carbons (Fsp3) is 0.667. The number of nitrogens with one attached hydrogen (secondary N) is 1. The number of nitro benzene ring substituents is 1. The molecule has 0 bridgehead atoms. The number of carbonyl (C=O) groups is 1. The molecular weight excluding hydrogens is 386 g/mol. The van der Waals surface area contributed by atoms with Crippen LogP contribution in [0.3, 0.4) is 0 Å². The number of likely N-dealkylation sites (N-methyl/N-ethyl adjacent to an activating group) is 1. The van der Waals surface area contributed by atoms with Gasteiger partial charge in [-0.25, -0.2) is 0 Å². The number of nitrogens with zero attached hydrogens (tertiary/aromatic N) is 4. The zero-order valence-electron chi connectivity index (χ0n) is 17.6. The van der Waals surface area contributed by atoms with Crippen molar-refractivity contribution in [3.8, 4) is 0 Å². The van der Waals surface area contributed by atoms with Crippen molar-refractivity contribution < 1.29 is 14.5 Å². The molecule has 0 aromatic heterocycles. The summed E-state index contributed by atoms with van der Waals surface area (Å²) in [7, 11) is 2.08. The Morgan fingerprint density at radius 1 is 1.27 bits per heavy atom. The molecule has 1 aromatic carbocycles. The van der Waals surface area contributed by atoms with Crippen molar-refractivity contribution in [2.24, 2.45) is 5.92 Å². The highest BCUT2D eigenvalue weighted by atomic mass is 16.6. The minimum Gasteiger partial charge on any atom is -0.379 e. The molecule has 1 aromatic rings. The maximum absolute atomic E-state index is 13.1. The van der Waals surface area contributed by atoms with Crippen molar-refractivity contribution in [1.29, 1.82) is 0 Å². The second kappa shape index (κ2) is 9.28. The van der Waals surface area contributed by atoms with Gasteiger partial charge in [0.15, 0.2) is 0 Å². The molecule has 1 amide bonds. The second-order valence-corrected chi connectivity index (χ2v) is 8.50. The molecule has 2 fully saturated rings. The zero-order valence-corrected chi connectivity index (χ0v) is 17.6. The van der Waals surface area contributed by atoms with E-state index in [9.17, 15) is 14.9 Å². The van der Waals surface area contributed by atoms with Gasteiger partial charge in [0, 0.05) is 57.1 Å². The van der Waals surface area contributed by atoms with Gasteiger partial charge in [0.1, 0.15) is 0 Å². The Hall–Kier alpha value is -2.23. The van der Waals surface area contributed by atoms with E-state index >= 15 is 0 Å². The lowest BCUT2D eigenvalue weighted by molar-refractivity contribution is -0.384. The lowest BCUT2D eigenvalue weighted by Crippen LogP contribution is -2.60. The normalized spacial score (nSPS) is 24.8. The summed E-state index contributed by atoms with van der Waals surface area (Å²) in [4.78, 5) is 30.9. The summed E-state index contributed by atoms with van der Waals surface area (Å²) in [6.07, 6.45) is 1.45. The fourth-order valence-corrected chi connectivity index (χ4v) is 4.84. The molecule has 0 radical (unpaired) electrons. The van der Waals surface area contributed by atoms with Gasteiger partial charge in [-0.3, -0.25) is 19.8 Å². The van der Waals surface area contributed by atoms with Crippen LogP contribution < -0.4 is 10.2 Å². The molecule has 3 aliphatic heterocycles. The smallest absolute Gasteiger partial charge is 0.269 e. The Morgan fingerprint density at radius 3 is 2.83 bits per heavy atom. The van der Waals surface area contributed by atoms with Crippen LogP contribution in [-0.2, 0) is 16.0 Å². The first-order valence-corrected chi connectivity index (χ1v) is 10.8. The minimum absolute atomic E-state index is 0.0550. The molecule has 2 atom stereocenters. The van der Waals surface area contributed by atoms with Crippen LogP contribution in [0.1, 0.15) is 12.0 Å². The van der Waals surface area contributed by atoms with Gasteiger partial charge in [-0.05, 0) is 38.1 Å². The Kier molecular flexibility index (Phi) is 6.50. The number of morpholine rings is 1. The highest BCUT2D eigenvalue weighted by Crippen LogP contribution is 2.37. The largest absolute Gasteiger partial charge is 0.379 e. The molecule has 4 rings (SSSR count). The number of rotatable bonds is 6. The van der Waals surface area contributed by atoms with E-state index in [-0.39, 0.29) is 28.5 Å². The van der Waals surface area contributed by atoms with Crippen molar-refractivity contribution >= 4 is 17.3 Å². The third-order valence-corrected chi connectivity index (χ3v) is 6.50. The summed E-state index contributed by atoms with van der Waals surface area (Å²) >= 11 is 0. The molecule has 9 heteroatoms. The number of non-ortho nitro benzene ring substituents is 1. The molecule has 0 saturated carbocycles. The highest BCUT2D eigenvalue weighted by Gasteiger charge is 2.41. The summed E-state index contributed by atoms with van der Waals surface area (Å²) in [6.45, 7) is 7.65. The molecule has 1 N–H and O–H groups in total. The van der Waals surface area contributed by atoms with Crippen molar-refractivity contribution in [2.45, 2.75) is 18.9 Å². The van der Waals surface area contributed by atoms with Crippen LogP contribution in [-0.4, -0.2) is 92.7 Å². The van der Waals surface area contributed by atoms with Crippen LogP contribution >= 0.6 is 0 Å². The van der Waals surface area contributed by atoms with Gasteiger partial charge < -0.3 is 19.9 Å². The van der Waals surface area contributed by atoms with Gasteiger partial charge in [-0.2, -0.15) is 0 Å². The summed E-state index contributed by atoms with van der Waals surface area (Å²) in [5.41, 5.74) is 2.03. The van der Waals surface area contributed by atoms with Gasteiger partial charge in [0.05, 0.1) is 30.1 Å². The molecule has 9 nitrogen and oxygen atoms in total. The summed E-state index contributed by atoms with van der Waals surface area (Å²) in [6, 6.07) is 5.15. The second-order valence-electron chi connectivity index (χ2n) is 8.50. The Morgan fingerprint density at radius 2 is 2.07 bits per heavy atom. The first kappa shape index (κ1) is 21.0. The number of hydrogen-bond donors (Lipinski definition) is 1. The predicted molar refractivity (Wildman–Crippen MR) is 114 cm³/mol. The molecule has 0 spiro atoms. The SMILES string of the molecule is CN1CCN2c3ccc([N+](=O)[O-])cc3C[C@H](C(=O)NCCCN3CCOCC3)[C@H]2C1. The topological polar surface area (TPSA) is 91.2 Å². The first-order valence-electron chi connectivity index (χ1n) is 10.8. The molecule has 30 heavy (non-hydrogen) atoms. The molecule has 3 aliphatic rings. The zero-order chi connectivity index (χ0) is 21.1. The number of ether oxygens (including phenoxy) is 1. The van der Waals surface area contributed by atoms with E-state index < -0.39 is 0 Å². The minimum atomic E-state index is -0.364. The van der Waals surface area contributed by atoms with E-state index in [4.69, 9.17) is 4.74 Å². The predicted octanol–water partition coefficient (Wildman–Crippen LogP) is 0.726. The number of carbonyl (C=O) groups excluding carboxylic acids is 1. The van der Waals surface area contributed by atoms with Crippen LogP contribution in [0.25, 0.3) is 0 Å². The highest BCUT2D eigenvalue weighted by molar-refractivity contribution is 5.82. The molecule has 3 heterocycles. The number of anilines is 1. The average Bonchev–Trinajstić information content (AvgIpc) is 2.76. The van der Waals surface area contributed by atoms with Gasteiger partial charge in [0.25, 0.3) is 5.69 Å². The lowest BCUT2D eigenvalue weighted by Gasteiger charge is -2.48. The van der Waals surface area contributed by atoms with E-state index in [1.807, 2.05) is 6.07 Å². The van der Waals surface area contributed by atoms with Gasteiger partial charge >= 0.3 is 0 Å². The third kappa shape index (κ3) is 4.58. The van der Waals surface area contributed by atoms with Crippen molar-refractivity contribution in [3.63, 3.8) is 0 Å². The standard InChI is InChI=1S/C21H31N5O4/c1-23-7-8-25-19-4-3-17(26(28)29)13-16(19)14-18(20(25)15-23)21(27)22-5-2-6-24-9-11-30-12-10-24/h3-4,13,18,20H,2,5-12,14-15H2,1H3,(H,22,27)/t18-,20+/m0/s1. The van der Waals surface area contributed by atoms with Gasteiger partial charge in [-0.15, -0.1) is 0 Å². The number of benzene rings is 1. The van der Waals surface area contributed by atoms with Crippen molar-refractivity contribution in [3.05, 3.63) is 33.9 Å². The number of piperazine rings is 1. The Labute approximate surface area is 177 Å². The van der Waals surface area contributed by atoms with Gasteiger partial charge in [0.2, 0.25) is 5.91 Å². The van der Waals surface area contributed by atoms with Crippen LogP contribution in [0.4, 0.5) is 11.4 Å². The average molecular weight is 418 g/mol. The maximum atomic E-state index is 13.1. The third-order valence-electron chi connectivity index (χ3n) is 6.50. The monoisotopic (exact) mass is 417 g/mol. The molecule has 0 aliphatic carbocycles. The number of hydrogen-bond acceptors (Lipinski definition) is 7. The van der Waals surface area contributed by atoms with Crippen LogP contribution in [0.5, 0.6) is 0 Å². The van der Waals surface area contributed by atoms with E-state index in [1.54, 1.807) is 12.1 Å². The van der Waals surface area contributed by atoms with Crippen molar-refractivity contribution in [1.82, 2.24) is 15.1 Å². The number of amides is 1. The first-order chi connectivity index (χ1) is 14.5. The van der Waals surface area contributed by atoms with Gasteiger partial charge in [-0.1, -0.05) is 0 Å². The van der Waals surface area contributed by atoms with Crippen LogP contribution in [0.2, 0.25) is 0 Å². The summed E-state index contributed by atoms with van der Waals surface area (Å²) < 4.78 is 5.37. The molecule has 2 saturated heterocycles. The van der Waals surface area contributed by atoms with E-state index in [0.29, 0.717) is 13.0 Å². The van der Waals surface area contributed by atoms with E-state index in [2.05, 4.69) is 27.1 Å². The number of nitro groups is 1. The lowest BCUT2D eigenvalue weighted by atomic mass is 9.83. The molecule has 164 valence electrons. The molecule has 0 unspecified atom stereocenters. The van der Waals surface area contributed by atoms with Crippen LogP contribution in [0.15, 0.2) is 18.2 Å². The summed E-state index contributed by atoms with van der Waals surface area (Å²) in [5.74, 6) is -0.148. The number of fused-ring (bicyclic) bond motifs is 3. The fourth-order valence-electron chi connectivity index (χ4n) is 4.84. The maximum Gasteiger partial charge on any atom is 0.269 e. The summed E-state index contributed by atoms with van der Waals surface area (Å²) in [5, 5.41) is 14.4. The van der Waals surface area contributed by atoms with E-state index in [0.717, 1.165) is 70.2 Å². The quantitative estimate of drug-likeness (QED) is 0.414. The van der Waals surface area contributed by atoms with Crippen LogP contribution in [0, 0.1) is 16.0 Å². The van der Waals surface area contributed by atoms with Crippen molar-refractivity contribution in [2.75, 3.05) is 71.0 Å². The molecular formula is C21H31N5O4. The Balaban J connectivity index is 1.42. The van der Waals surface area contributed by atoms with E-state index in [1.165, 1.54) is 0 Å². The Bertz CT molecular complexity index is 783.